The zero-order chi connectivity index (χ0) is 25.1. The van der Waals surface area contributed by atoms with Gasteiger partial charge in [-0.05, 0) is 72.8 Å². The van der Waals surface area contributed by atoms with Crippen LogP contribution in [-0.4, -0.2) is 37.5 Å². The number of methoxy groups -OCH3 is 2. The van der Waals surface area contributed by atoms with Gasteiger partial charge in [0.2, 0.25) is 0 Å². The number of ether oxygens (including phenoxy) is 2. The first kappa shape index (κ1) is 23.2. The number of furan rings is 1. The molecular formula is C29H26N2O5. The summed E-state index contributed by atoms with van der Waals surface area (Å²) in [4.78, 5) is 27.4. The van der Waals surface area contributed by atoms with E-state index in [1.54, 1.807) is 62.8 Å². The van der Waals surface area contributed by atoms with Crippen molar-refractivity contribution in [2.75, 3.05) is 26.1 Å². The number of amides is 2. The Balaban J connectivity index is 1.26. The molecule has 0 aliphatic carbocycles. The second-order valence-corrected chi connectivity index (χ2v) is 8.53. The lowest BCUT2D eigenvalue weighted by Gasteiger charge is -2.26. The first-order valence-electron chi connectivity index (χ1n) is 11.6. The summed E-state index contributed by atoms with van der Waals surface area (Å²) in [6, 6.07) is 23.7. The number of hydrogen-bond donors (Lipinski definition) is 1. The second-order valence-electron chi connectivity index (χ2n) is 8.53. The Labute approximate surface area is 209 Å². The quantitative estimate of drug-likeness (QED) is 0.397. The Hall–Kier alpha value is -4.52. The minimum atomic E-state index is -0.211. The van der Waals surface area contributed by atoms with E-state index < -0.39 is 0 Å². The molecule has 2 amide bonds. The third kappa shape index (κ3) is 4.81. The predicted molar refractivity (Wildman–Crippen MR) is 137 cm³/mol. The molecule has 0 bridgehead atoms. The van der Waals surface area contributed by atoms with E-state index >= 15 is 0 Å². The standard InChI is InChI=1S/C29H26N2O5/c1-34-24-12-8-20(9-13-24)29(33)31-15-14-26-22(18-31)17-27(36-26)19-6-10-23(11-7-19)30-28(32)21-4-3-5-25(16-21)35-2/h3-13,16-17H,14-15,18H2,1-2H3,(H,30,32). The monoisotopic (exact) mass is 482 g/mol. The summed E-state index contributed by atoms with van der Waals surface area (Å²) < 4.78 is 16.5. The van der Waals surface area contributed by atoms with E-state index in [1.807, 2.05) is 35.2 Å². The molecule has 1 aromatic heterocycles. The third-order valence-corrected chi connectivity index (χ3v) is 6.25. The van der Waals surface area contributed by atoms with Crippen molar-refractivity contribution in [2.45, 2.75) is 13.0 Å². The summed E-state index contributed by atoms with van der Waals surface area (Å²) >= 11 is 0. The molecule has 4 aromatic rings. The highest BCUT2D eigenvalue weighted by Gasteiger charge is 2.25. The highest BCUT2D eigenvalue weighted by Crippen LogP contribution is 2.31. The van der Waals surface area contributed by atoms with Crippen molar-refractivity contribution in [3.8, 4) is 22.8 Å². The van der Waals surface area contributed by atoms with Gasteiger partial charge in [-0.25, -0.2) is 0 Å². The number of carbonyl (C=O) groups excluding carboxylic acids is 2. The molecule has 1 aliphatic rings. The lowest BCUT2D eigenvalue weighted by molar-refractivity contribution is 0.0730. The Morgan fingerprint density at radius 2 is 1.61 bits per heavy atom. The molecule has 0 radical (unpaired) electrons. The van der Waals surface area contributed by atoms with Crippen LogP contribution in [0.25, 0.3) is 11.3 Å². The maximum absolute atomic E-state index is 13.0. The van der Waals surface area contributed by atoms with Crippen LogP contribution in [0.2, 0.25) is 0 Å². The van der Waals surface area contributed by atoms with Gasteiger partial charge >= 0.3 is 0 Å². The fourth-order valence-corrected chi connectivity index (χ4v) is 4.25. The maximum atomic E-state index is 13.0. The minimum absolute atomic E-state index is 0.0119. The number of fused-ring (bicyclic) bond motifs is 1. The average Bonchev–Trinajstić information content (AvgIpc) is 3.36. The average molecular weight is 483 g/mol. The van der Waals surface area contributed by atoms with Gasteiger partial charge in [0.05, 0.1) is 14.2 Å². The Bertz CT molecular complexity index is 1390. The van der Waals surface area contributed by atoms with Crippen LogP contribution in [0, 0.1) is 0 Å². The van der Waals surface area contributed by atoms with Crippen molar-refractivity contribution in [3.63, 3.8) is 0 Å². The molecule has 0 atom stereocenters. The van der Waals surface area contributed by atoms with Gasteiger partial charge in [-0.15, -0.1) is 0 Å². The van der Waals surface area contributed by atoms with Gasteiger partial charge < -0.3 is 24.1 Å². The smallest absolute Gasteiger partial charge is 0.255 e. The molecule has 3 aromatic carbocycles. The molecule has 0 saturated carbocycles. The zero-order valence-electron chi connectivity index (χ0n) is 20.1. The van der Waals surface area contributed by atoms with Gasteiger partial charge in [-0.3, -0.25) is 9.59 Å². The first-order valence-corrected chi connectivity index (χ1v) is 11.6. The van der Waals surface area contributed by atoms with Crippen LogP contribution in [0.15, 0.2) is 83.3 Å². The molecule has 7 nitrogen and oxygen atoms in total. The molecule has 2 heterocycles. The van der Waals surface area contributed by atoms with Gasteiger partial charge in [0.25, 0.3) is 11.8 Å². The number of nitrogens with one attached hydrogen (secondary N) is 1. The van der Waals surface area contributed by atoms with E-state index in [0.717, 1.165) is 28.4 Å². The number of anilines is 1. The van der Waals surface area contributed by atoms with E-state index in [4.69, 9.17) is 13.9 Å². The third-order valence-electron chi connectivity index (χ3n) is 6.25. The first-order chi connectivity index (χ1) is 17.5. The van der Waals surface area contributed by atoms with Crippen LogP contribution in [-0.2, 0) is 13.0 Å². The lowest BCUT2D eigenvalue weighted by atomic mass is 10.1. The summed E-state index contributed by atoms with van der Waals surface area (Å²) in [5.41, 5.74) is 3.74. The van der Waals surface area contributed by atoms with Crippen molar-refractivity contribution in [1.82, 2.24) is 4.90 Å². The van der Waals surface area contributed by atoms with Crippen LogP contribution in [0.3, 0.4) is 0 Å². The Kier molecular flexibility index (Phi) is 6.45. The number of nitrogens with zero attached hydrogens (tertiary/aromatic N) is 1. The Morgan fingerprint density at radius 3 is 2.33 bits per heavy atom. The second kappa shape index (κ2) is 10.00. The van der Waals surface area contributed by atoms with Gasteiger partial charge in [0, 0.05) is 47.5 Å². The zero-order valence-corrected chi connectivity index (χ0v) is 20.1. The predicted octanol–water partition coefficient (Wildman–Crippen LogP) is 5.41. The Morgan fingerprint density at radius 1 is 0.861 bits per heavy atom. The normalized spacial score (nSPS) is 12.6. The molecule has 1 N–H and O–H groups in total. The van der Waals surface area contributed by atoms with Crippen molar-refractivity contribution in [3.05, 3.63) is 101 Å². The van der Waals surface area contributed by atoms with Gasteiger partial charge in [-0.2, -0.15) is 0 Å². The summed E-state index contributed by atoms with van der Waals surface area (Å²) in [7, 11) is 3.17. The van der Waals surface area contributed by atoms with Crippen molar-refractivity contribution >= 4 is 17.5 Å². The lowest BCUT2D eigenvalue weighted by Crippen LogP contribution is -2.35. The van der Waals surface area contributed by atoms with Gasteiger partial charge in [-0.1, -0.05) is 6.07 Å². The molecule has 0 spiro atoms. The molecule has 36 heavy (non-hydrogen) atoms. The molecule has 0 fully saturated rings. The maximum Gasteiger partial charge on any atom is 0.255 e. The van der Waals surface area contributed by atoms with Crippen LogP contribution >= 0.6 is 0 Å². The SMILES string of the molecule is COc1ccc(C(=O)N2CCc3oc(-c4ccc(NC(=O)c5cccc(OC)c5)cc4)cc3C2)cc1. The van der Waals surface area contributed by atoms with Crippen LogP contribution < -0.4 is 14.8 Å². The van der Waals surface area contributed by atoms with Gasteiger partial charge in [0.15, 0.2) is 0 Å². The van der Waals surface area contributed by atoms with E-state index in [-0.39, 0.29) is 11.8 Å². The number of rotatable bonds is 6. The fourth-order valence-electron chi connectivity index (χ4n) is 4.25. The van der Waals surface area contributed by atoms with Crippen molar-refractivity contribution in [2.24, 2.45) is 0 Å². The largest absolute Gasteiger partial charge is 0.497 e. The van der Waals surface area contributed by atoms with Gasteiger partial charge in [0.1, 0.15) is 23.0 Å². The topological polar surface area (TPSA) is 81.0 Å². The summed E-state index contributed by atoms with van der Waals surface area (Å²) in [5, 5.41) is 2.90. The van der Waals surface area contributed by atoms with Crippen LogP contribution in [0.5, 0.6) is 11.5 Å². The van der Waals surface area contributed by atoms with Crippen LogP contribution in [0.1, 0.15) is 32.0 Å². The molecule has 5 rings (SSSR count). The molecule has 0 unspecified atom stereocenters. The molecule has 7 heteroatoms. The molecule has 1 aliphatic heterocycles. The van der Waals surface area contributed by atoms with E-state index in [2.05, 4.69) is 5.32 Å². The molecular weight excluding hydrogens is 456 g/mol. The van der Waals surface area contributed by atoms with Crippen molar-refractivity contribution in [1.29, 1.82) is 0 Å². The number of benzene rings is 3. The molecule has 182 valence electrons. The van der Waals surface area contributed by atoms with Crippen molar-refractivity contribution < 1.29 is 23.5 Å². The van der Waals surface area contributed by atoms with Crippen LogP contribution in [0.4, 0.5) is 5.69 Å². The fraction of sp³-hybridized carbons (Fsp3) is 0.172. The summed E-state index contributed by atoms with van der Waals surface area (Å²) in [6.45, 7) is 1.10. The highest BCUT2D eigenvalue weighted by atomic mass is 16.5. The number of carbonyl (C=O) groups is 2. The van der Waals surface area contributed by atoms with E-state index in [0.29, 0.717) is 42.1 Å². The summed E-state index contributed by atoms with van der Waals surface area (Å²) in [6.07, 6.45) is 0.659. The van der Waals surface area contributed by atoms with E-state index in [9.17, 15) is 9.59 Å². The highest BCUT2D eigenvalue weighted by molar-refractivity contribution is 6.04. The number of hydrogen-bond acceptors (Lipinski definition) is 5. The summed E-state index contributed by atoms with van der Waals surface area (Å²) in [5.74, 6) is 2.77. The van der Waals surface area contributed by atoms with E-state index in [1.165, 1.54) is 0 Å². The minimum Gasteiger partial charge on any atom is -0.497 e. The molecule has 0 saturated heterocycles.